The predicted molar refractivity (Wildman–Crippen MR) is 113 cm³/mol. The fourth-order valence-corrected chi connectivity index (χ4v) is 3.09. The van der Waals surface area contributed by atoms with Crippen molar-refractivity contribution in [3.8, 4) is 0 Å². The number of hydrogen-bond donors (Lipinski definition) is 2. The summed E-state index contributed by atoms with van der Waals surface area (Å²) in [6, 6.07) is 9.28. The summed E-state index contributed by atoms with van der Waals surface area (Å²) in [4.78, 5) is 43.1. The van der Waals surface area contributed by atoms with Crippen molar-refractivity contribution in [2.24, 2.45) is 0 Å². The van der Waals surface area contributed by atoms with Gasteiger partial charge in [-0.25, -0.2) is 4.79 Å². The van der Waals surface area contributed by atoms with E-state index in [4.69, 9.17) is 10.5 Å². The number of nitrogens with two attached hydrogens (primary N) is 1. The number of carbonyl (C=O) groups excluding carboxylic acids is 1. The molecule has 1 aromatic carbocycles. The number of nitrogen functional groups attached to an aromatic ring is 1. The first-order valence-corrected chi connectivity index (χ1v) is 9.53. The topological polar surface area (TPSA) is 114 Å². The first kappa shape index (κ1) is 22.4. The molecule has 0 aliphatic carbocycles. The van der Waals surface area contributed by atoms with Crippen LogP contribution in [0.1, 0.15) is 18.9 Å². The molecule has 2 rings (SSSR count). The molecule has 0 radical (unpaired) electrons. The Balaban J connectivity index is 2.31. The molecule has 158 valence electrons. The van der Waals surface area contributed by atoms with E-state index in [0.717, 1.165) is 12.0 Å². The minimum atomic E-state index is -0.672. The molecule has 0 bridgehead atoms. The molecule has 3 N–H and O–H groups in total. The molecule has 0 saturated carbocycles. The summed E-state index contributed by atoms with van der Waals surface area (Å²) < 4.78 is 6.29. The molecule has 1 amide bonds. The lowest BCUT2D eigenvalue weighted by atomic mass is 10.2. The van der Waals surface area contributed by atoms with E-state index in [1.165, 1.54) is 9.47 Å². The zero-order valence-corrected chi connectivity index (χ0v) is 17.2. The van der Waals surface area contributed by atoms with Gasteiger partial charge in [0.15, 0.2) is 5.69 Å². The molecule has 29 heavy (non-hydrogen) atoms. The number of carbonyl (C=O) groups is 1. The second-order valence-corrected chi connectivity index (χ2v) is 6.79. The lowest BCUT2D eigenvalue weighted by molar-refractivity contribution is -0.119. The molecular formula is C20H29N5O4. The van der Waals surface area contributed by atoms with Gasteiger partial charge in [0.05, 0.1) is 13.1 Å². The van der Waals surface area contributed by atoms with Crippen molar-refractivity contribution in [1.29, 1.82) is 0 Å². The van der Waals surface area contributed by atoms with Crippen molar-refractivity contribution in [2.75, 3.05) is 51.0 Å². The van der Waals surface area contributed by atoms with Crippen LogP contribution in [-0.2, 0) is 16.1 Å². The van der Waals surface area contributed by atoms with Crippen molar-refractivity contribution in [2.45, 2.75) is 19.9 Å². The smallest absolute Gasteiger partial charge is 0.330 e. The molecule has 0 unspecified atom stereocenters. The molecule has 0 spiro atoms. The maximum absolute atomic E-state index is 12.8. The van der Waals surface area contributed by atoms with E-state index in [1.54, 1.807) is 14.0 Å². The van der Waals surface area contributed by atoms with Crippen LogP contribution in [0.4, 0.5) is 11.5 Å². The second kappa shape index (κ2) is 10.6. The number of H-pyrrole nitrogens is 1. The Morgan fingerprint density at radius 1 is 1.24 bits per heavy atom. The molecule has 1 heterocycles. The molecular weight excluding hydrogens is 374 g/mol. The van der Waals surface area contributed by atoms with Gasteiger partial charge in [-0.05, 0) is 26.0 Å². The molecule has 0 atom stereocenters. The Hall–Kier alpha value is -2.91. The van der Waals surface area contributed by atoms with Crippen LogP contribution >= 0.6 is 0 Å². The van der Waals surface area contributed by atoms with Gasteiger partial charge in [-0.2, -0.15) is 0 Å². The number of amides is 1. The van der Waals surface area contributed by atoms with Crippen molar-refractivity contribution in [1.82, 2.24) is 14.5 Å². The maximum Gasteiger partial charge on any atom is 0.330 e. The number of nitrogens with one attached hydrogen (secondary N) is 1. The number of nitrogens with zero attached hydrogens (tertiary/aromatic N) is 3. The molecule has 9 heteroatoms. The largest absolute Gasteiger partial charge is 0.385 e. The number of rotatable bonds is 10. The Kier molecular flexibility index (Phi) is 8.17. The average molecular weight is 403 g/mol. The van der Waals surface area contributed by atoms with Crippen LogP contribution in [0, 0.1) is 0 Å². The number of anilines is 2. The zero-order valence-electron chi connectivity index (χ0n) is 17.2. The number of benzene rings is 1. The highest BCUT2D eigenvalue weighted by molar-refractivity contribution is 5.96. The average Bonchev–Trinajstić information content (AvgIpc) is 2.69. The van der Waals surface area contributed by atoms with Crippen LogP contribution in [0.25, 0.3) is 0 Å². The standard InChI is InChI=1S/C20H29N5O4/c1-4-24(16(26)14-23(2)11-8-12-29-3)17-18(21)25(20(28)22-19(17)27)13-15-9-6-5-7-10-15/h5-7,9-10H,4,8,11-14,21H2,1-3H3,(H,22,27,28). The first-order valence-electron chi connectivity index (χ1n) is 9.53. The minimum absolute atomic E-state index is 0.00155. The Labute approximate surface area is 169 Å². The molecule has 9 nitrogen and oxygen atoms in total. The Bertz CT molecular complexity index is 923. The number of ether oxygens (including phenoxy) is 1. The van der Waals surface area contributed by atoms with Gasteiger partial charge in [-0.3, -0.25) is 24.0 Å². The molecule has 0 saturated heterocycles. The highest BCUT2D eigenvalue weighted by Crippen LogP contribution is 2.18. The van der Waals surface area contributed by atoms with E-state index in [9.17, 15) is 14.4 Å². The van der Waals surface area contributed by atoms with Gasteiger partial charge in [-0.15, -0.1) is 0 Å². The number of aromatic amines is 1. The lowest BCUT2D eigenvalue weighted by Crippen LogP contribution is -2.44. The van der Waals surface area contributed by atoms with Crippen molar-refractivity contribution in [3.63, 3.8) is 0 Å². The monoisotopic (exact) mass is 403 g/mol. The van der Waals surface area contributed by atoms with E-state index < -0.39 is 11.2 Å². The lowest BCUT2D eigenvalue weighted by Gasteiger charge is -2.25. The van der Waals surface area contributed by atoms with E-state index in [2.05, 4.69) is 4.98 Å². The summed E-state index contributed by atoms with van der Waals surface area (Å²) in [6.45, 7) is 3.60. The van der Waals surface area contributed by atoms with Gasteiger partial charge < -0.3 is 15.4 Å². The Morgan fingerprint density at radius 3 is 2.55 bits per heavy atom. The van der Waals surface area contributed by atoms with Crippen LogP contribution in [-0.4, -0.2) is 60.8 Å². The van der Waals surface area contributed by atoms with Crippen LogP contribution in [0.5, 0.6) is 0 Å². The minimum Gasteiger partial charge on any atom is -0.385 e. The van der Waals surface area contributed by atoms with Crippen LogP contribution in [0.15, 0.2) is 39.9 Å². The van der Waals surface area contributed by atoms with Crippen molar-refractivity contribution in [3.05, 3.63) is 56.7 Å². The summed E-state index contributed by atoms with van der Waals surface area (Å²) in [5.74, 6) is -0.297. The van der Waals surface area contributed by atoms with Gasteiger partial charge in [0.1, 0.15) is 5.82 Å². The van der Waals surface area contributed by atoms with Crippen LogP contribution in [0.3, 0.4) is 0 Å². The summed E-state index contributed by atoms with van der Waals surface area (Å²) in [7, 11) is 3.45. The summed E-state index contributed by atoms with van der Waals surface area (Å²) in [5, 5.41) is 0. The van der Waals surface area contributed by atoms with Crippen molar-refractivity contribution >= 4 is 17.4 Å². The third-order valence-corrected chi connectivity index (χ3v) is 4.58. The zero-order chi connectivity index (χ0) is 21.4. The van der Waals surface area contributed by atoms with Gasteiger partial charge in [-0.1, -0.05) is 30.3 Å². The summed E-state index contributed by atoms with van der Waals surface area (Å²) in [5.41, 5.74) is 5.76. The normalized spacial score (nSPS) is 11.0. The highest BCUT2D eigenvalue weighted by atomic mass is 16.5. The molecule has 0 fully saturated rings. The van der Waals surface area contributed by atoms with Gasteiger partial charge in [0.25, 0.3) is 5.56 Å². The van der Waals surface area contributed by atoms with Crippen LogP contribution in [0.2, 0.25) is 0 Å². The van der Waals surface area contributed by atoms with Gasteiger partial charge in [0, 0.05) is 26.8 Å². The molecule has 1 aromatic heterocycles. The number of methoxy groups -OCH3 is 1. The number of hydrogen-bond acceptors (Lipinski definition) is 6. The predicted octanol–water partition coefficient (Wildman–Crippen LogP) is 0.488. The number of likely N-dealkylation sites (N-methyl/N-ethyl adjacent to an activating group) is 2. The second-order valence-electron chi connectivity index (χ2n) is 6.79. The number of aromatic nitrogens is 2. The van der Waals surface area contributed by atoms with E-state index in [-0.39, 0.29) is 37.0 Å². The molecule has 0 aliphatic rings. The fraction of sp³-hybridized carbons (Fsp3) is 0.450. The quantitative estimate of drug-likeness (QED) is 0.558. The van der Waals surface area contributed by atoms with Gasteiger partial charge >= 0.3 is 5.69 Å². The van der Waals surface area contributed by atoms with Gasteiger partial charge in [0.2, 0.25) is 5.91 Å². The fourth-order valence-electron chi connectivity index (χ4n) is 3.09. The maximum atomic E-state index is 12.8. The summed E-state index contributed by atoms with van der Waals surface area (Å²) in [6.07, 6.45) is 0.789. The SMILES string of the molecule is CCN(C(=O)CN(C)CCCOC)c1c(N)n(Cc2ccccc2)c(=O)[nH]c1=O. The molecule has 2 aromatic rings. The summed E-state index contributed by atoms with van der Waals surface area (Å²) >= 11 is 0. The van der Waals surface area contributed by atoms with E-state index >= 15 is 0 Å². The third-order valence-electron chi connectivity index (χ3n) is 4.58. The Morgan fingerprint density at radius 2 is 1.93 bits per heavy atom. The highest BCUT2D eigenvalue weighted by Gasteiger charge is 2.23. The van der Waals surface area contributed by atoms with E-state index in [1.807, 2.05) is 42.3 Å². The van der Waals surface area contributed by atoms with Crippen molar-refractivity contribution < 1.29 is 9.53 Å². The molecule has 0 aliphatic heterocycles. The first-order chi connectivity index (χ1) is 13.9. The third kappa shape index (κ3) is 5.78. The van der Waals surface area contributed by atoms with E-state index in [0.29, 0.717) is 13.2 Å². The van der Waals surface area contributed by atoms with Crippen LogP contribution < -0.4 is 21.9 Å².